The van der Waals surface area contributed by atoms with E-state index >= 15 is 0 Å². The van der Waals surface area contributed by atoms with Crippen molar-refractivity contribution in [1.29, 1.82) is 0 Å². The molecule has 0 fully saturated rings. The Morgan fingerprint density at radius 2 is 2.00 bits per heavy atom. The van der Waals surface area contributed by atoms with Gasteiger partial charge in [-0.1, -0.05) is 27.7 Å². The standard InChI is InChI=1S/C10H17NS/c1-7(2)5-10-11-6-9(12-10)8(3)4/h6-8H,5H2,1-4H3. The Morgan fingerprint density at radius 1 is 1.33 bits per heavy atom. The van der Waals surface area contributed by atoms with Gasteiger partial charge in [-0.2, -0.15) is 0 Å². The molecule has 0 aliphatic carbocycles. The quantitative estimate of drug-likeness (QED) is 0.699. The van der Waals surface area contributed by atoms with E-state index in [9.17, 15) is 0 Å². The molecule has 0 saturated heterocycles. The van der Waals surface area contributed by atoms with Gasteiger partial charge >= 0.3 is 0 Å². The number of thiazole rings is 1. The van der Waals surface area contributed by atoms with Gasteiger partial charge in [0.1, 0.15) is 0 Å². The van der Waals surface area contributed by atoms with Crippen molar-refractivity contribution >= 4 is 11.3 Å². The van der Waals surface area contributed by atoms with Crippen LogP contribution in [0.15, 0.2) is 6.20 Å². The Morgan fingerprint density at radius 3 is 2.42 bits per heavy atom. The average molecular weight is 183 g/mol. The number of nitrogens with zero attached hydrogens (tertiary/aromatic N) is 1. The normalized spacial score (nSPS) is 11.5. The van der Waals surface area contributed by atoms with Crippen molar-refractivity contribution < 1.29 is 0 Å². The highest BCUT2D eigenvalue weighted by Crippen LogP contribution is 2.23. The highest BCUT2D eigenvalue weighted by molar-refractivity contribution is 7.11. The molecule has 0 N–H and O–H groups in total. The molecular formula is C10H17NS. The Balaban J connectivity index is 2.64. The van der Waals surface area contributed by atoms with Gasteiger partial charge in [-0.15, -0.1) is 11.3 Å². The van der Waals surface area contributed by atoms with Crippen LogP contribution in [0.4, 0.5) is 0 Å². The number of hydrogen-bond donors (Lipinski definition) is 0. The number of aromatic nitrogens is 1. The average Bonchev–Trinajstić information content (AvgIpc) is 2.34. The summed E-state index contributed by atoms with van der Waals surface area (Å²) in [4.78, 5) is 5.80. The topological polar surface area (TPSA) is 12.9 Å². The van der Waals surface area contributed by atoms with Crippen molar-refractivity contribution in [3.05, 3.63) is 16.1 Å². The predicted molar refractivity (Wildman–Crippen MR) is 54.7 cm³/mol. The fourth-order valence-electron chi connectivity index (χ4n) is 1.03. The molecule has 1 aromatic rings. The molecule has 2 heteroatoms. The molecule has 1 heterocycles. The largest absolute Gasteiger partial charge is 0.249 e. The first-order valence-corrected chi connectivity index (χ1v) is 5.36. The Kier molecular flexibility index (Phi) is 3.27. The molecule has 0 radical (unpaired) electrons. The van der Waals surface area contributed by atoms with Gasteiger partial charge in [0, 0.05) is 17.5 Å². The van der Waals surface area contributed by atoms with Crippen molar-refractivity contribution in [2.45, 2.75) is 40.0 Å². The minimum absolute atomic E-state index is 0.628. The molecule has 1 aromatic heterocycles. The second-order valence-electron chi connectivity index (χ2n) is 3.91. The Bertz CT molecular complexity index is 238. The zero-order valence-corrected chi connectivity index (χ0v) is 9.11. The first kappa shape index (κ1) is 9.72. The lowest BCUT2D eigenvalue weighted by atomic mass is 10.1. The zero-order valence-electron chi connectivity index (χ0n) is 8.29. The summed E-state index contributed by atoms with van der Waals surface area (Å²) >= 11 is 1.86. The second kappa shape index (κ2) is 4.04. The summed E-state index contributed by atoms with van der Waals surface area (Å²) in [6, 6.07) is 0. The third kappa shape index (κ3) is 2.59. The maximum atomic E-state index is 4.40. The van der Waals surface area contributed by atoms with Gasteiger partial charge in [-0.3, -0.25) is 0 Å². The summed E-state index contributed by atoms with van der Waals surface area (Å²) in [5.41, 5.74) is 0. The van der Waals surface area contributed by atoms with Crippen LogP contribution >= 0.6 is 11.3 Å². The molecule has 0 bridgehead atoms. The third-order valence-corrected chi connectivity index (χ3v) is 3.04. The van der Waals surface area contributed by atoms with Crippen LogP contribution in [0.1, 0.15) is 43.5 Å². The van der Waals surface area contributed by atoms with Crippen molar-refractivity contribution in [2.75, 3.05) is 0 Å². The number of rotatable bonds is 3. The van der Waals surface area contributed by atoms with E-state index in [1.807, 2.05) is 17.5 Å². The molecule has 12 heavy (non-hydrogen) atoms. The molecule has 0 saturated carbocycles. The van der Waals surface area contributed by atoms with Crippen LogP contribution in [-0.4, -0.2) is 4.98 Å². The lowest BCUT2D eigenvalue weighted by molar-refractivity contribution is 0.644. The van der Waals surface area contributed by atoms with Crippen molar-refractivity contribution in [3.8, 4) is 0 Å². The van der Waals surface area contributed by atoms with Crippen LogP contribution in [-0.2, 0) is 6.42 Å². The van der Waals surface area contributed by atoms with E-state index < -0.39 is 0 Å². The predicted octanol–water partition coefficient (Wildman–Crippen LogP) is 3.47. The van der Waals surface area contributed by atoms with E-state index in [4.69, 9.17) is 0 Å². The van der Waals surface area contributed by atoms with Gasteiger partial charge < -0.3 is 0 Å². The van der Waals surface area contributed by atoms with Gasteiger partial charge in [-0.05, 0) is 11.8 Å². The van der Waals surface area contributed by atoms with Crippen LogP contribution in [0.3, 0.4) is 0 Å². The Hall–Kier alpha value is -0.370. The summed E-state index contributed by atoms with van der Waals surface area (Å²) in [7, 11) is 0. The van der Waals surface area contributed by atoms with Crippen LogP contribution in [0.5, 0.6) is 0 Å². The Labute approximate surface area is 78.8 Å². The van der Waals surface area contributed by atoms with Crippen molar-refractivity contribution in [1.82, 2.24) is 4.98 Å². The maximum absolute atomic E-state index is 4.40. The second-order valence-corrected chi connectivity index (χ2v) is 5.06. The molecular weight excluding hydrogens is 166 g/mol. The lowest BCUT2D eigenvalue weighted by Crippen LogP contribution is -1.91. The minimum atomic E-state index is 0.628. The van der Waals surface area contributed by atoms with Gasteiger partial charge in [0.25, 0.3) is 0 Å². The number of hydrogen-bond acceptors (Lipinski definition) is 2. The minimum Gasteiger partial charge on any atom is -0.249 e. The van der Waals surface area contributed by atoms with Crippen LogP contribution < -0.4 is 0 Å². The summed E-state index contributed by atoms with van der Waals surface area (Å²) in [6.07, 6.45) is 3.14. The van der Waals surface area contributed by atoms with E-state index in [1.54, 1.807) is 0 Å². The molecule has 1 nitrogen and oxygen atoms in total. The fraction of sp³-hybridized carbons (Fsp3) is 0.700. The molecule has 1 rings (SSSR count). The van der Waals surface area contributed by atoms with E-state index in [0.29, 0.717) is 5.92 Å². The van der Waals surface area contributed by atoms with Crippen LogP contribution in [0, 0.1) is 5.92 Å². The van der Waals surface area contributed by atoms with E-state index in [-0.39, 0.29) is 0 Å². The van der Waals surface area contributed by atoms with Gasteiger partial charge in [-0.25, -0.2) is 4.98 Å². The molecule has 0 unspecified atom stereocenters. The molecule has 0 aliphatic rings. The third-order valence-electron chi connectivity index (χ3n) is 1.72. The molecule has 0 amide bonds. The SMILES string of the molecule is CC(C)Cc1ncc(C(C)C)s1. The first-order chi connectivity index (χ1) is 5.59. The summed E-state index contributed by atoms with van der Waals surface area (Å²) in [5, 5.41) is 1.29. The smallest absolute Gasteiger partial charge is 0.0930 e. The highest BCUT2D eigenvalue weighted by atomic mass is 32.1. The van der Waals surface area contributed by atoms with Crippen LogP contribution in [0.2, 0.25) is 0 Å². The van der Waals surface area contributed by atoms with Crippen LogP contribution in [0.25, 0.3) is 0 Å². The summed E-state index contributed by atoms with van der Waals surface area (Å²) in [5.74, 6) is 1.35. The van der Waals surface area contributed by atoms with Gasteiger partial charge in [0.2, 0.25) is 0 Å². The molecule has 0 spiro atoms. The molecule has 0 atom stereocenters. The summed E-state index contributed by atoms with van der Waals surface area (Å²) < 4.78 is 0. The van der Waals surface area contributed by atoms with Crippen molar-refractivity contribution in [3.63, 3.8) is 0 Å². The van der Waals surface area contributed by atoms with E-state index in [2.05, 4.69) is 32.7 Å². The fourth-order valence-corrected chi connectivity index (χ4v) is 2.17. The first-order valence-electron chi connectivity index (χ1n) is 4.54. The summed E-state index contributed by atoms with van der Waals surface area (Å²) in [6.45, 7) is 8.90. The maximum Gasteiger partial charge on any atom is 0.0930 e. The van der Waals surface area contributed by atoms with E-state index in [0.717, 1.165) is 12.3 Å². The molecule has 68 valence electrons. The highest BCUT2D eigenvalue weighted by Gasteiger charge is 2.06. The van der Waals surface area contributed by atoms with Crippen molar-refractivity contribution in [2.24, 2.45) is 5.92 Å². The molecule has 0 aromatic carbocycles. The van der Waals surface area contributed by atoms with Gasteiger partial charge in [0.15, 0.2) is 0 Å². The monoisotopic (exact) mass is 183 g/mol. The van der Waals surface area contributed by atoms with E-state index in [1.165, 1.54) is 9.88 Å². The lowest BCUT2D eigenvalue weighted by Gasteiger charge is -1.99. The molecule has 0 aliphatic heterocycles. The zero-order chi connectivity index (χ0) is 9.14. The van der Waals surface area contributed by atoms with Gasteiger partial charge in [0.05, 0.1) is 5.01 Å².